The molecular formula is C14H19BrN2O2. The maximum atomic E-state index is 12.5. The predicted molar refractivity (Wildman–Crippen MR) is 79.4 cm³/mol. The summed E-state index contributed by atoms with van der Waals surface area (Å²) in [6.45, 7) is 0.424. The Labute approximate surface area is 122 Å². The first-order valence-corrected chi connectivity index (χ1v) is 7.15. The SMILES string of the molecule is COc1ccc(N(C)C(=O)C2(CN)CCC2)cc1Br. The zero-order chi connectivity index (χ0) is 14.0. The van der Waals surface area contributed by atoms with Crippen molar-refractivity contribution < 1.29 is 9.53 Å². The molecule has 5 heteroatoms. The number of halogens is 1. The zero-order valence-electron chi connectivity index (χ0n) is 11.3. The highest BCUT2D eigenvalue weighted by Crippen LogP contribution is 2.42. The first-order chi connectivity index (χ1) is 9.04. The number of amides is 1. The molecule has 2 N–H and O–H groups in total. The summed E-state index contributed by atoms with van der Waals surface area (Å²) in [7, 11) is 3.42. The Balaban J connectivity index is 2.22. The lowest BCUT2D eigenvalue weighted by Gasteiger charge is -2.41. The Hall–Kier alpha value is -1.07. The van der Waals surface area contributed by atoms with Crippen LogP contribution in [-0.4, -0.2) is 26.6 Å². The number of nitrogens with zero attached hydrogens (tertiary/aromatic N) is 1. The van der Waals surface area contributed by atoms with Crippen LogP contribution in [0.5, 0.6) is 5.75 Å². The predicted octanol–water partition coefficient (Wildman–Crippen LogP) is 2.55. The average molecular weight is 327 g/mol. The van der Waals surface area contributed by atoms with E-state index in [-0.39, 0.29) is 11.3 Å². The number of methoxy groups -OCH3 is 1. The van der Waals surface area contributed by atoms with Crippen LogP contribution >= 0.6 is 15.9 Å². The maximum absolute atomic E-state index is 12.5. The molecule has 0 aromatic heterocycles. The fourth-order valence-electron chi connectivity index (χ4n) is 2.45. The molecule has 1 aromatic carbocycles. The second-order valence-corrected chi connectivity index (χ2v) is 5.88. The molecule has 0 radical (unpaired) electrons. The Morgan fingerprint density at radius 3 is 2.63 bits per heavy atom. The highest BCUT2D eigenvalue weighted by atomic mass is 79.9. The van der Waals surface area contributed by atoms with Gasteiger partial charge in [0.15, 0.2) is 0 Å². The summed E-state index contributed by atoms with van der Waals surface area (Å²) in [6, 6.07) is 5.61. The van der Waals surface area contributed by atoms with E-state index in [0.29, 0.717) is 6.54 Å². The molecule has 19 heavy (non-hydrogen) atoms. The van der Waals surface area contributed by atoms with Crippen LogP contribution in [0.15, 0.2) is 22.7 Å². The third-order valence-corrected chi connectivity index (χ3v) is 4.60. The number of anilines is 1. The molecule has 1 aromatic rings. The number of rotatable bonds is 4. The molecule has 0 atom stereocenters. The monoisotopic (exact) mass is 326 g/mol. The van der Waals surface area contributed by atoms with E-state index in [0.717, 1.165) is 35.2 Å². The fourth-order valence-corrected chi connectivity index (χ4v) is 2.97. The smallest absolute Gasteiger partial charge is 0.234 e. The molecule has 4 nitrogen and oxygen atoms in total. The lowest BCUT2D eigenvalue weighted by Crippen LogP contribution is -2.51. The van der Waals surface area contributed by atoms with Gasteiger partial charge in [-0.2, -0.15) is 0 Å². The van der Waals surface area contributed by atoms with Crippen LogP contribution in [0.3, 0.4) is 0 Å². The molecule has 104 valence electrons. The number of carbonyl (C=O) groups excluding carboxylic acids is 1. The maximum Gasteiger partial charge on any atom is 0.234 e. The molecular weight excluding hydrogens is 308 g/mol. The largest absolute Gasteiger partial charge is 0.496 e. The summed E-state index contributed by atoms with van der Waals surface area (Å²) >= 11 is 3.44. The van der Waals surface area contributed by atoms with E-state index in [9.17, 15) is 4.79 Å². The van der Waals surface area contributed by atoms with Gasteiger partial charge >= 0.3 is 0 Å². The van der Waals surface area contributed by atoms with Crippen molar-refractivity contribution in [1.29, 1.82) is 0 Å². The molecule has 0 spiro atoms. The lowest BCUT2D eigenvalue weighted by atomic mass is 9.68. The van der Waals surface area contributed by atoms with Gasteiger partial charge in [0, 0.05) is 19.3 Å². The van der Waals surface area contributed by atoms with Gasteiger partial charge in [0.25, 0.3) is 0 Å². The number of benzene rings is 1. The lowest BCUT2D eigenvalue weighted by molar-refractivity contribution is -0.131. The summed E-state index contributed by atoms with van der Waals surface area (Å²) in [5, 5.41) is 0. The molecule has 1 aliphatic rings. The Morgan fingerprint density at radius 2 is 2.21 bits per heavy atom. The van der Waals surface area contributed by atoms with Crippen LogP contribution in [0.2, 0.25) is 0 Å². The average Bonchev–Trinajstić information content (AvgIpc) is 2.37. The van der Waals surface area contributed by atoms with Gasteiger partial charge in [0.05, 0.1) is 17.0 Å². The summed E-state index contributed by atoms with van der Waals surface area (Å²) in [5.74, 6) is 0.861. The molecule has 0 bridgehead atoms. The minimum atomic E-state index is -0.346. The van der Waals surface area contributed by atoms with Gasteiger partial charge in [-0.3, -0.25) is 4.79 Å². The van der Waals surface area contributed by atoms with Crippen molar-refractivity contribution in [1.82, 2.24) is 0 Å². The molecule has 2 rings (SSSR count). The van der Waals surface area contributed by atoms with Gasteiger partial charge in [-0.1, -0.05) is 6.42 Å². The van der Waals surface area contributed by atoms with Gasteiger partial charge in [-0.05, 0) is 47.0 Å². The molecule has 1 fully saturated rings. The van der Waals surface area contributed by atoms with Gasteiger partial charge in [0.2, 0.25) is 5.91 Å². The Bertz CT molecular complexity index is 481. The number of nitrogens with two attached hydrogens (primary N) is 1. The highest BCUT2D eigenvalue weighted by molar-refractivity contribution is 9.10. The molecule has 0 saturated heterocycles. The molecule has 0 heterocycles. The van der Waals surface area contributed by atoms with Crippen molar-refractivity contribution in [3.05, 3.63) is 22.7 Å². The molecule has 1 saturated carbocycles. The second kappa shape index (κ2) is 5.51. The molecule has 1 aliphatic carbocycles. The second-order valence-electron chi connectivity index (χ2n) is 5.02. The first-order valence-electron chi connectivity index (χ1n) is 6.36. The van der Waals surface area contributed by atoms with Gasteiger partial charge in [-0.15, -0.1) is 0 Å². The van der Waals surface area contributed by atoms with Crippen LogP contribution < -0.4 is 15.4 Å². The van der Waals surface area contributed by atoms with Gasteiger partial charge in [0.1, 0.15) is 5.75 Å². The van der Waals surface area contributed by atoms with Crippen molar-refractivity contribution in [2.45, 2.75) is 19.3 Å². The third-order valence-electron chi connectivity index (χ3n) is 3.98. The fraction of sp³-hybridized carbons (Fsp3) is 0.500. The standard InChI is InChI=1S/C14H19BrN2O2/c1-17(13(18)14(9-16)6-3-7-14)10-4-5-12(19-2)11(15)8-10/h4-5,8H,3,6-7,9,16H2,1-2H3. The number of hydrogen-bond acceptors (Lipinski definition) is 3. The van der Waals surface area contributed by atoms with Crippen molar-refractivity contribution in [2.24, 2.45) is 11.1 Å². The molecule has 0 unspecified atom stereocenters. The Morgan fingerprint density at radius 1 is 1.53 bits per heavy atom. The van der Waals surface area contributed by atoms with Crippen LogP contribution in [0.4, 0.5) is 5.69 Å². The number of carbonyl (C=O) groups is 1. The summed E-state index contributed by atoms with van der Waals surface area (Å²) in [5.41, 5.74) is 6.28. The van der Waals surface area contributed by atoms with E-state index < -0.39 is 0 Å². The van der Waals surface area contributed by atoms with E-state index in [4.69, 9.17) is 10.5 Å². The Kier molecular flexibility index (Phi) is 4.16. The van der Waals surface area contributed by atoms with Crippen LogP contribution in [-0.2, 0) is 4.79 Å². The van der Waals surface area contributed by atoms with Gasteiger partial charge < -0.3 is 15.4 Å². The first kappa shape index (κ1) is 14.3. The van der Waals surface area contributed by atoms with Crippen LogP contribution in [0.1, 0.15) is 19.3 Å². The number of ether oxygens (including phenoxy) is 1. The zero-order valence-corrected chi connectivity index (χ0v) is 12.9. The van der Waals surface area contributed by atoms with E-state index >= 15 is 0 Å². The number of hydrogen-bond donors (Lipinski definition) is 1. The van der Waals surface area contributed by atoms with Crippen molar-refractivity contribution >= 4 is 27.5 Å². The van der Waals surface area contributed by atoms with E-state index in [1.54, 1.807) is 19.1 Å². The summed E-state index contributed by atoms with van der Waals surface area (Å²) < 4.78 is 6.03. The minimum absolute atomic E-state index is 0.110. The molecule has 0 aliphatic heterocycles. The van der Waals surface area contributed by atoms with Crippen LogP contribution in [0, 0.1) is 5.41 Å². The van der Waals surface area contributed by atoms with Crippen molar-refractivity contribution in [3.8, 4) is 5.75 Å². The minimum Gasteiger partial charge on any atom is -0.496 e. The highest BCUT2D eigenvalue weighted by Gasteiger charge is 2.44. The normalized spacial score (nSPS) is 16.6. The topological polar surface area (TPSA) is 55.6 Å². The van der Waals surface area contributed by atoms with Crippen LogP contribution in [0.25, 0.3) is 0 Å². The van der Waals surface area contributed by atoms with Gasteiger partial charge in [-0.25, -0.2) is 0 Å². The third kappa shape index (κ3) is 2.49. The van der Waals surface area contributed by atoms with Crippen molar-refractivity contribution in [3.63, 3.8) is 0 Å². The molecule has 1 amide bonds. The quantitative estimate of drug-likeness (QED) is 0.925. The summed E-state index contributed by atoms with van der Waals surface area (Å²) in [6.07, 6.45) is 2.87. The van der Waals surface area contributed by atoms with E-state index in [1.165, 1.54) is 0 Å². The summed E-state index contributed by atoms with van der Waals surface area (Å²) in [4.78, 5) is 14.2. The van der Waals surface area contributed by atoms with E-state index in [2.05, 4.69) is 15.9 Å². The van der Waals surface area contributed by atoms with Crippen molar-refractivity contribution in [2.75, 3.05) is 25.6 Å². The van der Waals surface area contributed by atoms with E-state index in [1.807, 2.05) is 18.2 Å².